The van der Waals surface area contributed by atoms with Gasteiger partial charge in [-0.05, 0) is 25.0 Å². The van der Waals surface area contributed by atoms with Gasteiger partial charge in [0.25, 0.3) is 0 Å². The molecule has 1 aromatic heterocycles. The lowest BCUT2D eigenvalue weighted by molar-refractivity contribution is 0.139. The lowest BCUT2D eigenvalue weighted by Gasteiger charge is -2.37. The van der Waals surface area contributed by atoms with Gasteiger partial charge < -0.3 is 0 Å². The van der Waals surface area contributed by atoms with E-state index in [2.05, 4.69) is 9.88 Å². The summed E-state index contributed by atoms with van der Waals surface area (Å²) >= 11 is 0. The maximum atomic E-state index is 13.1. The fraction of sp³-hybridized carbons (Fsp3) is 0.500. The Morgan fingerprint density at radius 1 is 1.00 bits per heavy atom. The van der Waals surface area contributed by atoms with E-state index in [9.17, 15) is 8.42 Å². The van der Waals surface area contributed by atoms with Crippen molar-refractivity contribution in [3.05, 3.63) is 36.7 Å². The van der Waals surface area contributed by atoms with Gasteiger partial charge >= 0.3 is 0 Å². The van der Waals surface area contributed by atoms with Crippen LogP contribution >= 0.6 is 0 Å². The zero-order valence-corrected chi connectivity index (χ0v) is 14.6. The molecule has 0 radical (unpaired) electrons. The van der Waals surface area contributed by atoms with Gasteiger partial charge in [-0.15, -0.1) is 0 Å². The molecule has 6 heteroatoms. The summed E-state index contributed by atoms with van der Waals surface area (Å²) in [6, 6.07) is 7.86. The molecule has 2 fully saturated rings. The molecule has 1 aliphatic carbocycles. The first kappa shape index (κ1) is 16.0. The Bertz CT molecular complexity index is 818. The second kappa shape index (κ2) is 6.43. The van der Waals surface area contributed by atoms with Crippen LogP contribution in [0.3, 0.4) is 0 Å². The van der Waals surface area contributed by atoms with Gasteiger partial charge in [0.1, 0.15) is 0 Å². The number of aromatic nitrogens is 1. The van der Waals surface area contributed by atoms with Gasteiger partial charge in [0, 0.05) is 55.4 Å². The van der Waals surface area contributed by atoms with Crippen LogP contribution in [0.1, 0.15) is 25.7 Å². The highest BCUT2D eigenvalue weighted by Crippen LogP contribution is 2.28. The van der Waals surface area contributed by atoms with Crippen LogP contribution in [0.15, 0.2) is 41.6 Å². The summed E-state index contributed by atoms with van der Waals surface area (Å²) in [4.78, 5) is 6.97. The fourth-order valence-electron chi connectivity index (χ4n) is 4.04. The Balaban J connectivity index is 1.57. The summed E-state index contributed by atoms with van der Waals surface area (Å²) in [5.41, 5.74) is 0. The maximum absolute atomic E-state index is 13.1. The summed E-state index contributed by atoms with van der Waals surface area (Å²) in [6.07, 6.45) is 8.53. The highest BCUT2D eigenvalue weighted by molar-refractivity contribution is 7.89. The number of pyridine rings is 1. The standard InChI is InChI=1S/C18H23N3O2S/c22-24(23,18-7-3-4-15-14-19-9-8-17(15)18)21-12-10-20(11-13-21)16-5-1-2-6-16/h3-4,7-9,14,16H,1-2,5-6,10-13H2. The van der Waals surface area contributed by atoms with E-state index in [0.29, 0.717) is 24.0 Å². The third-order valence-electron chi connectivity index (χ3n) is 5.37. The van der Waals surface area contributed by atoms with Crippen molar-refractivity contribution in [2.24, 2.45) is 0 Å². The lowest BCUT2D eigenvalue weighted by Crippen LogP contribution is -2.51. The normalized spacial score (nSPS) is 21.5. The van der Waals surface area contributed by atoms with Crippen LogP contribution in [0.4, 0.5) is 0 Å². The summed E-state index contributed by atoms with van der Waals surface area (Å²) < 4.78 is 27.9. The van der Waals surface area contributed by atoms with Crippen LogP contribution in [0.25, 0.3) is 10.8 Å². The van der Waals surface area contributed by atoms with Crippen molar-refractivity contribution in [2.45, 2.75) is 36.6 Å². The van der Waals surface area contributed by atoms with Crippen LogP contribution in [-0.4, -0.2) is 54.8 Å². The lowest BCUT2D eigenvalue weighted by atomic mass is 10.2. The van der Waals surface area contributed by atoms with E-state index in [-0.39, 0.29) is 0 Å². The molecule has 1 aromatic carbocycles. The number of nitrogens with zero attached hydrogens (tertiary/aromatic N) is 3. The monoisotopic (exact) mass is 345 g/mol. The molecule has 2 aromatic rings. The number of piperazine rings is 1. The van der Waals surface area contributed by atoms with Gasteiger partial charge in [0.05, 0.1) is 4.90 Å². The van der Waals surface area contributed by atoms with Crippen LogP contribution in [0.2, 0.25) is 0 Å². The molecule has 128 valence electrons. The van der Waals surface area contributed by atoms with E-state index in [1.807, 2.05) is 6.07 Å². The van der Waals surface area contributed by atoms with E-state index < -0.39 is 10.0 Å². The molecule has 4 rings (SSSR count). The van der Waals surface area contributed by atoms with E-state index in [1.165, 1.54) is 25.7 Å². The molecule has 2 heterocycles. The minimum Gasteiger partial charge on any atom is -0.298 e. The van der Waals surface area contributed by atoms with Gasteiger partial charge in [-0.3, -0.25) is 9.88 Å². The predicted molar refractivity (Wildman–Crippen MR) is 94.3 cm³/mol. The molecule has 0 unspecified atom stereocenters. The second-order valence-electron chi connectivity index (χ2n) is 6.73. The highest BCUT2D eigenvalue weighted by Gasteiger charge is 2.32. The molecule has 24 heavy (non-hydrogen) atoms. The van der Waals surface area contributed by atoms with Crippen molar-refractivity contribution in [3.63, 3.8) is 0 Å². The van der Waals surface area contributed by atoms with Gasteiger partial charge in [0.15, 0.2) is 0 Å². The molecule has 0 N–H and O–H groups in total. The van der Waals surface area contributed by atoms with Crippen molar-refractivity contribution in [2.75, 3.05) is 26.2 Å². The first-order valence-electron chi connectivity index (χ1n) is 8.73. The first-order valence-corrected chi connectivity index (χ1v) is 10.2. The Morgan fingerprint density at radius 3 is 2.50 bits per heavy atom. The van der Waals surface area contributed by atoms with Crippen molar-refractivity contribution >= 4 is 20.8 Å². The van der Waals surface area contributed by atoms with Gasteiger partial charge in [-0.2, -0.15) is 4.31 Å². The molecule has 0 bridgehead atoms. The number of fused-ring (bicyclic) bond motifs is 1. The van der Waals surface area contributed by atoms with E-state index in [4.69, 9.17) is 0 Å². The zero-order chi connectivity index (χ0) is 16.6. The number of benzene rings is 1. The summed E-state index contributed by atoms with van der Waals surface area (Å²) in [5.74, 6) is 0. The van der Waals surface area contributed by atoms with Crippen molar-refractivity contribution < 1.29 is 8.42 Å². The minimum absolute atomic E-state index is 0.400. The average molecular weight is 345 g/mol. The molecule has 5 nitrogen and oxygen atoms in total. The minimum atomic E-state index is -3.46. The predicted octanol–water partition coefficient (Wildman–Crippen LogP) is 2.48. The smallest absolute Gasteiger partial charge is 0.243 e. The van der Waals surface area contributed by atoms with Crippen molar-refractivity contribution in [3.8, 4) is 0 Å². The first-order chi connectivity index (χ1) is 11.7. The topological polar surface area (TPSA) is 53.5 Å². The SMILES string of the molecule is O=S(=O)(c1cccc2cnccc12)N1CCN(C2CCCC2)CC1. The molecular formula is C18H23N3O2S. The summed E-state index contributed by atoms with van der Waals surface area (Å²) in [7, 11) is -3.46. The number of hydrogen-bond donors (Lipinski definition) is 0. The molecule has 0 atom stereocenters. The van der Waals surface area contributed by atoms with Crippen LogP contribution in [-0.2, 0) is 10.0 Å². The quantitative estimate of drug-likeness (QED) is 0.858. The van der Waals surface area contributed by atoms with E-state index in [0.717, 1.165) is 23.9 Å². The molecule has 1 saturated carbocycles. The number of hydrogen-bond acceptors (Lipinski definition) is 4. The zero-order valence-electron chi connectivity index (χ0n) is 13.8. The molecule has 0 amide bonds. The van der Waals surface area contributed by atoms with E-state index in [1.54, 1.807) is 34.9 Å². The van der Waals surface area contributed by atoms with Crippen LogP contribution < -0.4 is 0 Å². The average Bonchev–Trinajstić information content (AvgIpc) is 3.16. The molecular weight excluding hydrogens is 322 g/mol. The van der Waals surface area contributed by atoms with Crippen LogP contribution in [0, 0.1) is 0 Å². The fourth-order valence-corrected chi connectivity index (χ4v) is 5.67. The molecule has 2 aliphatic rings. The van der Waals surface area contributed by atoms with Gasteiger partial charge in [0.2, 0.25) is 10.0 Å². The summed E-state index contributed by atoms with van der Waals surface area (Å²) in [5, 5.41) is 1.62. The van der Waals surface area contributed by atoms with Gasteiger partial charge in [-0.1, -0.05) is 25.0 Å². The number of rotatable bonds is 3. The Labute approximate surface area is 143 Å². The Kier molecular flexibility index (Phi) is 4.28. The van der Waals surface area contributed by atoms with Gasteiger partial charge in [-0.25, -0.2) is 8.42 Å². The third-order valence-corrected chi connectivity index (χ3v) is 7.33. The maximum Gasteiger partial charge on any atom is 0.243 e. The Hall–Kier alpha value is -1.50. The molecule has 0 spiro atoms. The molecule has 1 aliphatic heterocycles. The van der Waals surface area contributed by atoms with Crippen molar-refractivity contribution in [1.82, 2.24) is 14.2 Å². The van der Waals surface area contributed by atoms with Crippen molar-refractivity contribution in [1.29, 1.82) is 0 Å². The second-order valence-corrected chi connectivity index (χ2v) is 8.64. The largest absolute Gasteiger partial charge is 0.298 e. The summed E-state index contributed by atoms with van der Waals surface area (Å²) in [6.45, 7) is 2.85. The number of sulfonamides is 1. The third kappa shape index (κ3) is 2.83. The Morgan fingerprint density at radius 2 is 1.75 bits per heavy atom. The van der Waals surface area contributed by atoms with E-state index >= 15 is 0 Å². The highest BCUT2D eigenvalue weighted by atomic mass is 32.2. The molecule has 1 saturated heterocycles. The van der Waals surface area contributed by atoms with Crippen LogP contribution in [0.5, 0.6) is 0 Å².